The lowest BCUT2D eigenvalue weighted by Gasteiger charge is -2.04. The van der Waals surface area contributed by atoms with E-state index in [1.54, 1.807) is 43.5 Å². The van der Waals surface area contributed by atoms with Crippen LogP contribution in [-0.2, 0) is 6.61 Å². The number of ether oxygens (including phenoxy) is 2. The molecule has 0 saturated carbocycles. The molecule has 0 fully saturated rings. The minimum Gasteiger partial charge on any atom is -0.497 e. The Hall–Kier alpha value is -3.25. The predicted octanol–water partition coefficient (Wildman–Crippen LogP) is 4.28. The number of carbonyl (C=O) groups is 1. The molecule has 0 atom stereocenters. The van der Waals surface area contributed by atoms with Crippen LogP contribution in [0.25, 0.3) is 0 Å². The number of benzene rings is 2. The summed E-state index contributed by atoms with van der Waals surface area (Å²) in [5.74, 6) is 1.18. The van der Waals surface area contributed by atoms with Crippen LogP contribution >= 0.6 is 11.6 Å². The summed E-state index contributed by atoms with van der Waals surface area (Å²) >= 11 is 5.97. The molecule has 0 spiro atoms. The minimum atomic E-state index is -0.403. The summed E-state index contributed by atoms with van der Waals surface area (Å²) < 4.78 is 16.2. The fourth-order valence-corrected chi connectivity index (χ4v) is 2.44. The van der Waals surface area contributed by atoms with Crippen LogP contribution in [0.5, 0.6) is 11.7 Å². The normalized spacial score (nSPS) is 10.7. The van der Waals surface area contributed by atoms with E-state index in [4.69, 9.17) is 25.5 Å². The number of hydrogen-bond donors (Lipinski definition) is 1. The number of nitrogens with zero attached hydrogens (tertiary/aromatic N) is 1. The van der Waals surface area contributed by atoms with E-state index in [0.717, 1.165) is 11.3 Å². The van der Waals surface area contributed by atoms with E-state index in [1.807, 2.05) is 24.3 Å². The molecule has 0 aliphatic carbocycles. The van der Waals surface area contributed by atoms with Crippen LogP contribution in [0.4, 0.5) is 0 Å². The summed E-state index contributed by atoms with van der Waals surface area (Å²) in [7, 11) is 1.62. The van der Waals surface area contributed by atoms with Crippen molar-refractivity contribution in [1.82, 2.24) is 5.43 Å². The smallest absolute Gasteiger partial charge is 0.285 e. The summed E-state index contributed by atoms with van der Waals surface area (Å²) in [5, 5.41) is 4.22. The Balaban J connectivity index is 1.52. The van der Waals surface area contributed by atoms with E-state index in [9.17, 15) is 4.79 Å². The van der Waals surface area contributed by atoms with Gasteiger partial charge >= 0.3 is 0 Å². The number of carbonyl (C=O) groups excluding carboxylic acids is 1. The fraction of sp³-hybridized carbons (Fsp3) is 0.100. The highest BCUT2D eigenvalue weighted by atomic mass is 35.5. The molecule has 138 valence electrons. The minimum absolute atomic E-state index is 0.347. The molecule has 0 unspecified atom stereocenters. The molecular formula is C20H17ClN2O4. The second-order valence-corrected chi connectivity index (χ2v) is 5.88. The molecule has 0 radical (unpaired) electrons. The highest BCUT2D eigenvalue weighted by molar-refractivity contribution is 6.33. The van der Waals surface area contributed by atoms with Crippen LogP contribution in [0.1, 0.15) is 21.7 Å². The molecule has 2 aromatic carbocycles. The number of furan rings is 1. The first kappa shape index (κ1) is 18.5. The average molecular weight is 385 g/mol. The molecule has 6 nitrogen and oxygen atoms in total. The number of methoxy groups -OCH3 is 1. The van der Waals surface area contributed by atoms with Crippen molar-refractivity contribution in [2.75, 3.05) is 7.11 Å². The van der Waals surface area contributed by atoms with E-state index in [0.29, 0.717) is 28.9 Å². The second-order valence-electron chi connectivity index (χ2n) is 5.47. The lowest BCUT2D eigenvalue weighted by atomic mass is 10.2. The standard InChI is InChI=1S/C20H17ClN2O4/c1-25-15-8-6-14(7-9-15)13-26-19-11-10-16(27-19)12-22-23-20(24)17-4-2-3-5-18(17)21/h2-12H,13H2,1H3,(H,23,24)/b22-12+. The van der Waals surface area contributed by atoms with Crippen LogP contribution < -0.4 is 14.9 Å². The maximum absolute atomic E-state index is 12.0. The topological polar surface area (TPSA) is 73.1 Å². The summed E-state index contributed by atoms with van der Waals surface area (Å²) in [5.41, 5.74) is 3.73. The van der Waals surface area contributed by atoms with E-state index in [1.165, 1.54) is 6.21 Å². The van der Waals surface area contributed by atoms with E-state index in [-0.39, 0.29) is 0 Å². The van der Waals surface area contributed by atoms with Gasteiger partial charge in [-0.15, -0.1) is 0 Å². The van der Waals surface area contributed by atoms with Crippen molar-refractivity contribution >= 4 is 23.7 Å². The molecule has 1 amide bonds. The maximum atomic E-state index is 12.0. The van der Waals surface area contributed by atoms with Crippen molar-refractivity contribution in [3.63, 3.8) is 0 Å². The number of hydrazone groups is 1. The van der Waals surface area contributed by atoms with Gasteiger partial charge in [0.1, 0.15) is 12.4 Å². The van der Waals surface area contributed by atoms with Crippen LogP contribution in [0.15, 0.2) is 70.2 Å². The molecule has 1 N–H and O–H groups in total. The zero-order valence-corrected chi connectivity index (χ0v) is 15.3. The lowest BCUT2D eigenvalue weighted by Crippen LogP contribution is -2.17. The Kier molecular flexibility index (Phi) is 6.12. The highest BCUT2D eigenvalue weighted by Gasteiger charge is 2.08. The zero-order chi connectivity index (χ0) is 19.1. The van der Waals surface area contributed by atoms with Gasteiger partial charge in [0.2, 0.25) is 0 Å². The van der Waals surface area contributed by atoms with E-state index >= 15 is 0 Å². The molecule has 0 aliphatic rings. The van der Waals surface area contributed by atoms with Gasteiger partial charge in [0.05, 0.1) is 23.9 Å². The Labute approximate surface area is 161 Å². The van der Waals surface area contributed by atoms with Gasteiger partial charge in [-0.05, 0) is 35.9 Å². The maximum Gasteiger partial charge on any atom is 0.285 e. The Morgan fingerprint density at radius 2 is 1.93 bits per heavy atom. The second kappa shape index (κ2) is 8.91. The van der Waals surface area contributed by atoms with Crippen molar-refractivity contribution in [3.8, 4) is 11.7 Å². The van der Waals surface area contributed by atoms with Crippen molar-refractivity contribution in [2.24, 2.45) is 5.10 Å². The van der Waals surface area contributed by atoms with E-state index in [2.05, 4.69) is 10.5 Å². The first-order valence-electron chi connectivity index (χ1n) is 8.09. The quantitative estimate of drug-likeness (QED) is 0.487. The molecular weight excluding hydrogens is 368 g/mol. The van der Waals surface area contributed by atoms with Crippen molar-refractivity contribution in [2.45, 2.75) is 6.61 Å². The molecule has 1 aromatic heterocycles. The number of halogens is 1. The first-order valence-corrected chi connectivity index (χ1v) is 8.47. The summed E-state index contributed by atoms with van der Waals surface area (Å²) in [6.07, 6.45) is 1.38. The van der Waals surface area contributed by atoms with Gasteiger partial charge in [0, 0.05) is 6.07 Å². The molecule has 3 aromatic rings. The Bertz CT molecular complexity index is 935. The SMILES string of the molecule is COc1ccc(COc2ccc(/C=N/NC(=O)c3ccccc3Cl)o2)cc1. The van der Waals surface area contributed by atoms with Gasteiger partial charge < -0.3 is 13.9 Å². The average Bonchev–Trinajstić information content (AvgIpc) is 3.15. The first-order chi connectivity index (χ1) is 13.2. The van der Waals surface area contributed by atoms with Crippen LogP contribution in [0.2, 0.25) is 5.02 Å². The van der Waals surface area contributed by atoms with Crippen molar-refractivity contribution in [1.29, 1.82) is 0 Å². The molecule has 0 bridgehead atoms. The van der Waals surface area contributed by atoms with Crippen molar-refractivity contribution in [3.05, 3.63) is 82.6 Å². The highest BCUT2D eigenvalue weighted by Crippen LogP contribution is 2.18. The number of amides is 1. The molecule has 7 heteroatoms. The van der Waals surface area contributed by atoms with Gasteiger partial charge in [-0.25, -0.2) is 5.43 Å². The van der Waals surface area contributed by atoms with Gasteiger partial charge in [0.15, 0.2) is 5.76 Å². The third-order valence-electron chi connectivity index (χ3n) is 3.62. The number of rotatable bonds is 7. The summed E-state index contributed by atoms with van der Waals surface area (Å²) in [6.45, 7) is 0.358. The summed E-state index contributed by atoms with van der Waals surface area (Å²) in [6, 6.07) is 17.6. The number of nitrogens with one attached hydrogen (secondary N) is 1. The van der Waals surface area contributed by atoms with E-state index < -0.39 is 5.91 Å². The fourth-order valence-electron chi connectivity index (χ4n) is 2.22. The summed E-state index contributed by atoms with van der Waals surface area (Å²) in [4.78, 5) is 12.0. The zero-order valence-electron chi connectivity index (χ0n) is 14.5. The predicted molar refractivity (Wildman–Crippen MR) is 103 cm³/mol. The molecule has 0 saturated heterocycles. The molecule has 1 heterocycles. The molecule has 27 heavy (non-hydrogen) atoms. The van der Waals surface area contributed by atoms with Crippen LogP contribution in [-0.4, -0.2) is 19.2 Å². The Morgan fingerprint density at radius 3 is 2.67 bits per heavy atom. The third-order valence-corrected chi connectivity index (χ3v) is 3.95. The molecule has 3 rings (SSSR count). The van der Waals surface area contributed by atoms with Crippen LogP contribution in [0.3, 0.4) is 0 Å². The van der Waals surface area contributed by atoms with Crippen molar-refractivity contribution < 1.29 is 18.7 Å². The molecule has 0 aliphatic heterocycles. The van der Waals surface area contributed by atoms with Gasteiger partial charge in [-0.3, -0.25) is 4.79 Å². The Morgan fingerprint density at radius 1 is 1.15 bits per heavy atom. The van der Waals surface area contributed by atoms with Gasteiger partial charge in [0.25, 0.3) is 11.9 Å². The monoisotopic (exact) mass is 384 g/mol. The number of hydrogen-bond acceptors (Lipinski definition) is 5. The largest absolute Gasteiger partial charge is 0.497 e. The third kappa shape index (κ3) is 5.12. The van der Waals surface area contributed by atoms with Crippen LogP contribution in [0, 0.1) is 0 Å². The van der Waals surface area contributed by atoms with Gasteiger partial charge in [-0.1, -0.05) is 35.9 Å². The van der Waals surface area contributed by atoms with Gasteiger partial charge in [-0.2, -0.15) is 5.10 Å². The lowest BCUT2D eigenvalue weighted by molar-refractivity contribution is 0.0955.